The van der Waals surface area contributed by atoms with Crippen LogP contribution in [0, 0.1) is 0 Å². The first kappa shape index (κ1) is 16.9. The first-order valence-electron chi connectivity index (χ1n) is 8.25. The van der Waals surface area contributed by atoms with Crippen LogP contribution in [0.3, 0.4) is 0 Å². The van der Waals surface area contributed by atoms with Crippen LogP contribution in [0.15, 0.2) is 41.3 Å². The zero-order valence-electron chi connectivity index (χ0n) is 14.6. The van der Waals surface area contributed by atoms with Crippen molar-refractivity contribution in [3.05, 3.63) is 42.0 Å². The lowest BCUT2D eigenvalue weighted by Gasteiger charge is -2.19. The molecular weight excluding hydrogens is 318 g/mol. The number of ether oxygens (including phenoxy) is 1. The number of carbonyl (C=O) groups excluding carboxylic acids is 1. The van der Waals surface area contributed by atoms with Gasteiger partial charge in [-0.1, -0.05) is 25.1 Å². The normalized spacial score (nSPS) is 12.0. The van der Waals surface area contributed by atoms with Gasteiger partial charge in [0.2, 0.25) is 0 Å². The molecule has 3 rings (SSSR count). The number of nitrogens with one attached hydrogen (secondary N) is 1. The Morgan fingerprint density at radius 3 is 2.62 bits per heavy atom. The van der Waals surface area contributed by atoms with Gasteiger partial charge in [0.25, 0.3) is 0 Å². The fraction of sp³-hybridized carbons (Fsp3) is 0.350. The molecule has 0 bridgehead atoms. The van der Waals surface area contributed by atoms with E-state index in [4.69, 9.17) is 4.74 Å². The number of esters is 1. The van der Waals surface area contributed by atoms with E-state index in [-0.39, 0.29) is 5.97 Å². The number of aromatic amines is 1. The summed E-state index contributed by atoms with van der Waals surface area (Å²) in [6.07, 6.45) is 0.292. The molecule has 4 heteroatoms. The quantitative estimate of drug-likeness (QED) is 0.516. The van der Waals surface area contributed by atoms with Crippen LogP contribution in [0.4, 0.5) is 0 Å². The zero-order valence-corrected chi connectivity index (χ0v) is 15.4. The SMILES string of the molecule is CCSc1cc(CC(=O)OC(C)(C)C)cc2[nH]c3ccccc3c12. The Morgan fingerprint density at radius 1 is 1.17 bits per heavy atom. The Morgan fingerprint density at radius 2 is 1.92 bits per heavy atom. The van der Waals surface area contributed by atoms with Gasteiger partial charge in [-0.05, 0) is 50.3 Å². The second-order valence-corrected chi connectivity index (χ2v) is 8.19. The largest absolute Gasteiger partial charge is 0.460 e. The summed E-state index contributed by atoms with van der Waals surface area (Å²) in [5, 5.41) is 2.47. The van der Waals surface area contributed by atoms with E-state index in [9.17, 15) is 4.79 Å². The Balaban J connectivity index is 2.04. The standard InChI is InChI=1S/C20H23NO2S/c1-5-24-17-11-13(12-18(22)23-20(2,3)4)10-16-19(17)14-8-6-7-9-15(14)21-16/h6-11,21H,5,12H2,1-4H3. The van der Waals surface area contributed by atoms with Crippen LogP contribution < -0.4 is 0 Å². The molecular formula is C20H23NO2S. The number of H-pyrrole nitrogens is 1. The molecule has 0 aliphatic carbocycles. The zero-order chi connectivity index (χ0) is 17.3. The number of hydrogen-bond acceptors (Lipinski definition) is 3. The van der Waals surface area contributed by atoms with Gasteiger partial charge in [0.1, 0.15) is 5.60 Å². The van der Waals surface area contributed by atoms with Crippen LogP contribution in [-0.4, -0.2) is 22.3 Å². The summed E-state index contributed by atoms with van der Waals surface area (Å²) in [6.45, 7) is 7.82. The molecule has 0 spiro atoms. The third kappa shape index (κ3) is 3.59. The fourth-order valence-corrected chi connectivity index (χ4v) is 3.83. The Bertz CT molecular complexity index is 890. The van der Waals surface area contributed by atoms with E-state index in [0.717, 1.165) is 22.3 Å². The molecule has 0 atom stereocenters. The van der Waals surface area contributed by atoms with E-state index in [2.05, 4.69) is 42.2 Å². The molecule has 1 N–H and O–H groups in total. The number of aromatic nitrogens is 1. The minimum atomic E-state index is -0.455. The van der Waals surface area contributed by atoms with E-state index >= 15 is 0 Å². The Hall–Kier alpha value is -1.94. The van der Waals surface area contributed by atoms with Gasteiger partial charge >= 0.3 is 5.97 Å². The maximum atomic E-state index is 12.2. The van der Waals surface area contributed by atoms with Crippen molar-refractivity contribution in [3.63, 3.8) is 0 Å². The summed E-state index contributed by atoms with van der Waals surface area (Å²) in [6, 6.07) is 12.5. The molecule has 0 saturated carbocycles. The minimum absolute atomic E-state index is 0.189. The van der Waals surface area contributed by atoms with Crippen molar-refractivity contribution in [1.82, 2.24) is 4.98 Å². The summed E-state index contributed by atoms with van der Waals surface area (Å²) in [7, 11) is 0. The molecule has 0 amide bonds. The Kier molecular flexibility index (Phi) is 4.59. The summed E-state index contributed by atoms with van der Waals surface area (Å²) in [5.41, 5.74) is 2.73. The maximum absolute atomic E-state index is 12.2. The third-order valence-corrected chi connectivity index (χ3v) is 4.62. The van der Waals surface area contributed by atoms with Gasteiger partial charge in [0.15, 0.2) is 0 Å². The lowest BCUT2D eigenvalue weighted by Crippen LogP contribution is -2.24. The van der Waals surface area contributed by atoms with Crippen molar-refractivity contribution in [2.75, 3.05) is 5.75 Å². The predicted octanol–water partition coefficient (Wildman–Crippen LogP) is 5.32. The van der Waals surface area contributed by atoms with E-state index in [1.54, 1.807) is 11.8 Å². The maximum Gasteiger partial charge on any atom is 0.310 e. The molecule has 0 unspecified atom stereocenters. The first-order chi connectivity index (χ1) is 11.4. The van der Waals surface area contributed by atoms with Crippen molar-refractivity contribution < 1.29 is 9.53 Å². The number of carbonyl (C=O) groups is 1. The molecule has 0 aliphatic rings. The van der Waals surface area contributed by atoms with E-state index < -0.39 is 5.60 Å². The lowest BCUT2D eigenvalue weighted by atomic mass is 10.1. The fourth-order valence-electron chi connectivity index (χ4n) is 2.92. The highest BCUT2D eigenvalue weighted by atomic mass is 32.2. The van der Waals surface area contributed by atoms with Crippen molar-refractivity contribution in [2.24, 2.45) is 0 Å². The molecule has 0 saturated heterocycles. The highest BCUT2D eigenvalue weighted by Crippen LogP contribution is 2.35. The minimum Gasteiger partial charge on any atom is -0.460 e. The molecule has 3 aromatic rings. The van der Waals surface area contributed by atoms with Crippen LogP contribution in [0.25, 0.3) is 21.8 Å². The molecule has 2 aromatic carbocycles. The molecule has 0 radical (unpaired) electrons. The monoisotopic (exact) mass is 341 g/mol. The number of hydrogen-bond donors (Lipinski definition) is 1. The molecule has 1 aromatic heterocycles. The van der Waals surface area contributed by atoms with Gasteiger partial charge in [-0.2, -0.15) is 0 Å². The van der Waals surface area contributed by atoms with E-state index in [1.807, 2.05) is 26.8 Å². The smallest absolute Gasteiger partial charge is 0.310 e. The highest BCUT2D eigenvalue weighted by Gasteiger charge is 2.18. The molecule has 1 heterocycles. The van der Waals surface area contributed by atoms with Crippen molar-refractivity contribution in [1.29, 1.82) is 0 Å². The van der Waals surface area contributed by atoms with E-state index in [1.165, 1.54) is 15.7 Å². The van der Waals surface area contributed by atoms with Gasteiger partial charge in [-0.3, -0.25) is 4.79 Å². The van der Waals surface area contributed by atoms with Crippen LogP contribution in [0.1, 0.15) is 33.3 Å². The van der Waals surface area contributed by atoms with Gasteiger partial charge in [-0.25, -0.2) is 0 Å². The lowest BCUT2D eigenvalue weighted by molar-refractivity contribution is -0.153. The number of rotatable bonds is 4. The average Bonchev–Trinajstić information content (AvgIpc) is 2.83. The van der Waals surface area contributed by atoms with E-state index in [0.29, 0.717) is 6.42 Å². The number of benzene rings is 2. The third-order valence-electron chi connectivity index (χ3n) is 3.70. The average molecular weight is 341 g/mol. The van der Waals surface area contributed by atoms with Crippen LogP contribution in [0.2, 0.25) is 0 Å². The van der Waals surface area contributed by atoms with Crippen molar-refractivity contribution in [3.8, 4) is 0 Å². The summed E-state index contributed by atoms with van der Waals surface area (Å²) < 4.78 is 5.46. The molecule has 24 heavy (non-hydrogen) atoms. The number of thioether (sulfide) groups is 1. The predicted molar refractivity (Wildman–Crippen MR) is 102 cm³/mol. The van der Waals surface area contributed by atoms with Crippen LogP contribution in [-0.2, 0) is 16.0 Å². The molecule has 3 nitrogen and oxygen atoms in total. The number of para-hydroxylation sites is 1. The highest BCUT2D eigenvalue weighted by molar-refractivity contribution is 7.99. The topological polar surface area (TPSA) is 42.1 Å². The van der Waals surface area contributed by atoms with Crippen molar-refractivity contribution in [2.45, 2.75) is 44.6 Å². The van der Waals surface area contributed by atoms with Gasteiger partial charge in [-0.15, -0.1) is 11.8 Å². The second kappa shape index (κ2) is 6.52. The summed E-state index contributed by atoms with van der Waals surface area (Å²) in [5.74, 6) is 0.801. The van der Waals surface area contributed by atoms with Crippen molar-refractivity contribution >= 4 is 39.5 Å². The number of fused-ring (bicyclic) bond motifs is 3. The van der Waals surface area contributed by atoms with Gasteiger partial charge < -0.3 is 9.72 Å². The van der Waals surface area contributed by atoms with Gasteiger partial charge in [0, 0.05) is 26.7 Å². The molecule has 0 fully saturated rings. The summed E-state index contributed by atoms with van der Waals surface area (Å²) in [4.78, 5) is 16.9. The van der Waals surface area contributed by atoms with Crippen LogP contribution >= 0.6 is 11.8 Å². The Labute approximate surface area is 146 Å². The van der Waals surface area contributed by atoms with Crippen LogP contribution in [0.5, 0.6) is 0 Å². The molecule has 126 valence electrons. The summed E-state index contributed by atoms with van der Waals surface area (Å²) >= 11 is 1.81. The van der Waals surface area contributed by atoms with Gasteiger partial charge in [0.05, 0.1) is 6.42 Å². The first-order valence-corrected chi connectivity index (χ1v) is 9.24. The molecule has 0 aliphatic heterocycles. The second-order valence-electron chi connectivity index (χ2n) is 6.88.